The SMILES string of the molecule is CC(Nc1cccc(-n2cnnn2)c1)c1ccc(Cl)cc1. The molecule has 1 aromatic heterocycles. The maximum atomic E-state index is 5.91. The van der Waals surface area contributed by atoms with E-state index in [0.29, 0.717) is 0 Å². The molecule has 1 atom stereocenters. The van der Waals surface area contributed by atoms with E-state index in [1.165, 1.54) is 5.56 Å². The highest BCUT2D eigenvalue weighted by atomic mass is 35.5. The number of nitrogens with zero attached hydrogens (tertiary/aromatic N) is 4. The van der Waals surface area contributed by atoms with Crippen LogP contribution in [0, 0.1) is 0 Å². The number of hydrogen-bond acceptors (Lipinski definition) is 4. The lowest BCUT2D eigenvalue weighted by molar-refractivity contribution is 0.788. The molecule has 106 valence electrons. The van der Waals surface area contributed by atoms with Crippen molar-refractivity contribution < 1.29 is 0 Å². The van der Waals surface area contributed by atoms with Crippen molar-refractivity contribution in [1.82, 2.24) is 20.2 Å². The van der Waals surface area contributed by atoms with E-state index in [-0.39, 0.29) is 6.04 Å². The number of benzene rings is 2. The number of tetrazole rings is 1. The van der Waals surface area contributed by atoms with Gasteiger partial charge in [0.15, 0.2) is 0 Å². The molecule has 1 N–H and O–H groups in total. The summed E-state index contributed by atoms with van der Waals surface area (Å²) in [6.07, 6.45) is 1.57. The topological polar surface area (TPSA) is 55.6 Å². The summed E-state index contributed by atoms with van der Waals surface area (Å²) in [6.45, 7) is 2.10. The lowest BCUT2D eigenvalue weighted by Crippen LogP contribution is -2.07. The Balaban J connectivity index is 1.78. The molecule has 0 bridgehead atoms. The Hall–Kier alpha value is -2.40. The molecule has 6 heteroatoms. The van der Waals surface area contributed by atoms with Crippen LogP contribution in [0.15, 0.2) is 54.9 Å². The van der Waals surface area contributed by atoms with Crippen LogP contribution >= 0.6 is 11.6 Å². The molecule has 1 unspecified atom stereocenters. The average molecular weight is 300 g/mol. The lowest BCUT2D eigenvalue weighted by atomic mass is 10.1. The fourth-order valence-corrected chi connectivity index (χ4v) is 2.23. The van der Waals surface area contributed by atoms with E-state index < -0.39 is 0 Å². The summed E-state index contributed by atoms with van der Waals surface area (Å²) in [7, 11) is 0. The minimum absolute atomic E-state index is 0.173. The molecule has 21 heavy (non-hydrogen) atoms. The molecule has 0 fully saturated rings. The molecule has 0 aliphatic carbocycles. The van der Waals surface area contributed by atoms with Gasteiger partial charge in [-0.05, 0) is 53.2 Å². The van der Waals surface area contributed by atoms with Crippen molar-refractivity contribution in [2.24, 2.45) is 0 Å². The second-order valence-corrected chi connectivity index (χ2v) is 5.16. The van der Waals surface area contributed by atoms with Gasteiger partial charge in [0, 0.05) is 16.8 Å². The van der Waals surface area contributed by atoms with Crippen LogP contribution in [0.2, 0.25) is 5.02 Å². The van der Waals surface area contributed by atoms with Crippen LogP contribution in [0.3, 0.4) is 0 Å². The Kier molecular flexibility index (Phi) is 3.83. The molecule has 3 aromatic rings. The highest BCUT2D eigenvalue weighted by molar-refractivity contribution is 6.30. The molecule has 0 amide bonds. The predicted octanol–water partition coefficient (Wildman–Crippen LogP) is 3.49. The normalized spacial score (nSPS) is 12.1. The molecular formula is C15H14ClN5. The summed E-state index contributed by atoms with van der Waals surface area (Å²) in [5.41, 5.74) is 3.09. The van der Waals surface area contributed by atoms with Gasteiger partial charge in [-0.25, -0.2) is 4.68 Å². The van der Waals surface area contributed by atoms with Gasteiger partial charge < -0.3 is 5.32 Å². The van der Waals surface area contributed by atoms with Gasteiger partial charge in [-0.2, -0.15) is 0 Å². The van der Waals surface area contributed by atoms with E-state index in [4.69, 9.17) is 11.6 Å². The van der Waals surface area contributed by atoms with Crippen molar-refractivity contribution >= 4 is 17.3 Å². The first kappa shape index (κ1) is 13.6. The zero-order valence-electron chi connectivity index (χ0n) is 11.4. The molecule has 0 aliphatic rings. The molecule has 0 saturated carbocycles. The van der Waals surface area contributed by atoms with Crippen molar-refractivity contribution in [3.05, 3.63) is 65.4 Å². The van der Waals surface area contributed by atoms with Crippen LogP contribution in [0.5, 0.6) is 0 Å². The van der Waals surface area contributed by atoms with E-state index in [0.717, 1.165) is 16.4 Å². The van der Waals surface area contributed by atoms with Gasteiger partial charge in [0.25, 0.3) is 0 Å². The first-order valence-corrected chi connectivity index (χ1v) is 6.95. The number of anilines is 1. The van der Waals surface area contributed by atoms with Crippen LogP contribution < -0.4 is 5.32 Å². The zero-order chi connectivity index (χ0) is 14.7. The van der Waals surface area contributed by atoms with Gasteiger partial charge in [0.1, 0.15) is 6.33 Å². The fourth-order valence-electron chi connectivity index (χ4n) is 2.10. The molecule has 0 saturated heterocycles. The van der Waals surface area contributed by atoms with E-state index in [9.17, 15) is 0 Å². The summed E-state index contributed by atoms with van der Waals surface area (Å²) in [5, 5.41) is 15.4. The third kappa shape index (κ3) is 3.20. The Morgan fingerprint density at radius 1 is 1.14 bits per heavy atom. The molecular weight excluding hydrogens is 286 g/mol. The number of nitrogens with one attached hydrogen (secondary N) is 1. The lowest BCUT2D eigenvalue weighted by Gasteiger charge is -2.16. The Labute approximate surface area is 127 Å². The molecule has 1 heterocycles. The summed E-state index contributed by atoms with van der Waals surface area (Å²) >= 11 is 5.91. The highest BCUT2D eigenvalue weighted by Gasteiger charge is 2.06. The molecule has 5 nitrogen and oxygen atoms in total. The fraction of sp³-hybridized carbons (Fsp3) is 0.133. The molecule has 0 radical (unpaired) electrons. The van der Waals surface area contributed by atoms with Crippen LogP contribution in [-0.2, 0) is 0 Å². The highest BCUT2D eigenvalue weighted by Crippen LogP contribution is 2.22. The van der Waals surface area contributed by atoms with Gasteiger partial charge in [0.05, 0.1) is 5.69 Å². The second kappa shape index (κ2) is 5.93. The summed E-state index contributed by atoms with van der Waals surface area (Å²) in [6, 6.07) is 15.9. The van der Waals surface area contributed by atoms with Crippen molar-refractivity contribution in [3.8, 4) is 5.69 Å². The molecule has 2 aromatic carbocycles. The first-order chi connectivity index (χ1) is 10.2. The molecule has 0 spiro atoms. The quantitative estimate of drug-likeness (QED) is 0.801. The van der Waals surface area contributed by atoms with Gasteiger partial charge in [-0.1, -0.05) is 29.8 Å². The van der Waals surface area contributed by atoms with Gasteiger partial charge in [0.2, 0.25) is 0 Å². The first-order valence-electron chi connectivity index (χ1n) is 6.58. The van der Waals surface area contributed by atoms with Gasteiger partial charge in [-0.15, -0.1) is 5.10 Å². The van der Waals surface area contributed by atoms with Gasteiger partial charge in [-0.3, -0.25) is 0 Å². The second-order valence-electron chi connectivity index (χ2n) is 4.72. The number of aromatic nitrogens is 4. The third-order valence-electron chi connectivity index (χ3n) is 3.21. The monoisotopic (exact) mass is 299 g/mol. The number of halogens is 1. The standard InChI is InChI=1S/C15H14ClN5/c1-11(12-5-7-13(16)8-6-12)18-14-3-2-4-15(9-14)21-10-17-19-20-21/h2-11,18H,1H3. The summed E-state index contributed by atoms with van der Waals surface area (Å²) in [4.78, 5) is 0. The van der Waals surface area contributed by atoms with Crippen LogP contribution in [-0.4, -0.2) is 20.2 Å². The smallest absolute Gasteiger partial charge is 0.143 e. The van der Waals surface area contributed by atoms with Crippen LogP contribution in [0.4, 0.5) is 5.69 Å². The Bertz CT molecular complexity index is 709. The number of rotatable bonds is 4. The summed E-state index contributed by atoms with van der Waals surface area (Å²) in [5.74, 6) is 0. The summed E-state index contributed by atoms with van der Waals surface area (Å²) < 4.78 is 1.62. The molecule has 0 aliphatic heterocycles. The van der Waals surface area contributed by atoms with Crippen molar-refractivity contribution in [2.75, 3.05) is 5.32 Å². The van der Waals surface area contributed by atoms with Crippen molar-refractivity contribution in [2.45, 2.75) is 13.0 Å². The third-order valence-corrected chi connectivity index (χ3v) is 3.46. The predicted molar refractivity (Wildman–Crippen MR) is 82.6 cm³/mol. The minimum Gasteiger partial charge on any atom is -0.378 e. The molecule has 3 rings (SSSR count). The van der Waals surface area contributed by atoms with E-state index in [1.54, 1.807) is 11.0 Å². The Morgan fingerprint density at radius 2 is 1.95 bits per heavy atom. The minimum atomic E-state index is 0.173. The van der Waals surface area contributed by atoms with E-state index in [2.05, 4.69) is 27.8 Å². The van der Waals surface area contributed by atoms with E-state index >= 15 is 0 Å². The average Bonchev–Trinajstić information content (AvgIpc) is 3.02. The van der Waals surface area contributed by atoms with Crippen LogP contribution in [0.1, 0.15) is 18.5 Å². The maximum absolute atomic E-state index is 5.91. The van der Waals surface area contributed by atoms with E-state index in [1.807, 2.05) is 48.5 Å². The maximum Gasteiger partial charge on any atom is 0.143 e. The van der Waals surface area contributed by atoms with Crippen molar-refractivity contribution in [3.63, 3.8) is 0 Å². The zero-order valence-corrected chi connectivity index (χ0v) is 12.2. The Morgan fingerprint density at radius 3 is 2.67 bits per heavy atom. The van der Waals surface area contributed by atoms with Crippen molar-refractivity contribution in [1.29, 1.82) is 0 Å². The van der Waals surface area contributed by atoms with Gasteiger partial charge >= 0.3 is 0 Å². The largest absolute Gasteiger partial charge is 0.378 e. The van der Waals surface area contributed by atoms with Crippen LogP contribution in [0.25, 0.3) is 5.69 Å². The number of hydrogen-bond donors (Lipinski definition) is 1.